The lowest BCUT2D eigenvalue weighted by Gasteiger charge is -2.41. The van der Waals surface area contributed by atoms with Gasteiger partial charge in [0.1, 0.15) is 0 Å². The van der Waals surface area contributed by atoms with E-state index in [2.05, 4.69) is 41.5 Å². The average molecular weight is 339 g/mol. The van der Waals surface area contributed by atoms with E-state index in [9.17, 15) is 4.79 Å². The van der Waals surface area contributed by atoms with Crippen molar-refractivity contribution in [1.29, 1.82) is 0 Å². The molecule has 140 valence electrons. The summed E-state index contributed by atoms with van der Waals surface area (Å²) in [6.07, 6.45) is 6.57. The minimum absolute atomic E-state index is 0.0984. The van der Waals surface area contributed by atoms with Crippen LogP contribution in [0, 0.1) is 28.6 Å². The Morgan fingerprint density at radius 2 is 1.79 bits per heavy atom. The maximum atomic E-state index is 13.0. The topological polar surface area (TPSA) is 35.5 Å². The Kier molecular flexibility index (Phi) is 6.05. The molecule has 0 spiro atoms. The molecule has 24 heavy (non-hydrogen) atoms. The van der Waals surface area contributed by atoms with Crippen molar-refractivity contribution in [2.45, 2.75) is 99.4 Å². The largest absolute Gasteiger partial charge is 0.435 e. The molecular formula is C21H38O3. The van der Waals surface area contributed by atoms with Gasteiger partial charge in [-0.25, -0.2) is 0 Å². The molecule has 2 saturated carbocycles. The number of hydrogen-bond acceptors (Lipinski definition) is 3. The molecule has 2 aliphatic carbocycles. The fraction of sp³-hybridized carbons (Fsp3) is 0.952. The van der Waals surface area contributed by atoms with Crippen LogP contribution in [-0.4, -0.2) is 18.4 Å². The molecule has 5 atom stereocenters. The molecule has 5 unspecified atom stereocenters. The predicted octanol–water partition coefficient (Wildman–Crippen LogP) is 5.57. The molecule has 0 N–H and O–H groups in total. The van der Waals surface area contributed by atoms with E-state index in [-0.39, 0.29) is 11.4 Å². The molecule has 0 aromatic carbocycles. The maximum absolute atomic E-state index is 13.0. The van der Waals surface area contributed by atoms with Gasteiger partial charge >= 0.3 is 5.97 Å². The van der Waals surface area contributed by atoms with Crippen molar-refractivity contribution in [2.75, 3.05) is 0 Å². The van der Waals surface area contributed by atoms with Crippen molar-refractivity contribution in [2.24, 2.45) is 28.6 Å². The van der Waals surface area contributed by atoms with Crippen molar-refractivity contribution >= 4 is 5.97 Å². The summed E-state index contributed by atoms with van der Waals surface area (Å²) < 4.78 is 12.1. The summed E-state index contributed by atoms with van der Waals surface area (Å²) in [6, 6.07) is 0. The molecule has 0 radical (unpaired) electrons. The van der Waals surface area contributed by atoms with Crippen LogP contribution in [0.25, 0.3) is 0 Å². The predicted molar refractivity (Wildman–Crippen MR) is 97.5 cm³/mol. The lowest BCUT2D eigenvalue weighted by molar-refractivity contribution is -0.210. The van der Waals surface area contributed by atoms with Crippen molar-refractivity contribution < 1.29 is 14.3 Å². The Balaban J connectivity index is 2.01. The smallest absolute Gasteiger partial charge is 0.314 e. The van der Waals surface area contributed by atoms with Crippen molar-refractivity contribution in [3.8, 4) is 0 Å². The summed E-state index contributed by atoms with van der Waals surface area (Å²) in [6.45, 7) is 14.8. The normalized spacial score (nSPS) is 30.4. The average Bonchev–Trinajstić information content (AvgIpc) is 3.06. The summed E-state index contributed by atoms with van der Waals surface area (Å²) in [5.41, 5.74) is -0.633. The van der Waals surface area contributed by atoms with Crippen LogP contribution in [0.15, 0.2) is 0 Å². The van der Waals surface area contributed by atoms with Gasteiger partial charge in [0.15, 0.2) is 0 Å². The zero-order valence-corrected chi connectivity index (χ0v) is 16.9. The van der Waals surface area contributed by atoms with Crippen LogP contribution in [0.4, 0.5) is 0 Å². The lowest BCUT2D eigenvalue weighted by atomic mass is 9.64. The molecule has 0 aliphatic heterocycles. The van der Waals surface area contributed by atoms with Gasteiger partial charge in [0.25, 0.3) is 0 Å². The number of fused-ring (bicyclic) bond motifs is 2. The van der Waals surface area contributed by atoms with Crippen molar-refractivity contribution in [1.82, 2.24) is 0 Å². The minimum atomic E-state index is -0.493. The number of ether oxygens (including phenoxy) is 2. The van der Waals surface area contributed by atoms with Crippen LogP contribution in [0.3, 0.4) is 0 Å². The van der Waals surface area contributed by atoms with Crippen LogP contribution >= 0.6 is 0 Å². The zero-order valence-electron chi connectivity index (χ0n) is 16.9. The van der Waals surface area contributed by atoms with Crippen LogP contribution in [-0.2, 0) is 14.3 Å². The summed E-state index contributed by atoms with van der Waals surface area (Å²) in [5.74, 6) is 1.88. The Bertz CT molecular complexity index is 437. The Labute approximate surface area is 148 Å². The van der Waals surface area contributed by atoms with E-state index in [0.29, 0.717) is 17.9 Å². The molecule has 3 nitrogen and oxygen atoms in total. The van der Waals surface area contributed by atoms with Gasteiger partial charge < -0.3 is 9.47 Å². The van der Waals surface area contributed by atoms with Gasteiger partial charge in [-0.05, 0) is 62.2 Å². The van der Waals surface area contributed by atoms with Crippen LogP contribution in [0.2, 0.25) is 0 Å². The van der Waals surface area contributed by atoms with E-state index < -0.39 is 11.7 Å². The monoisotopic (exact) mass is 338 g/mol. The summed E-state index contributed by atoms with van der Waals surface area (Å²) in [7, 11) is 0. The molecule has 0 aromatic heterocycles. The second-order valence-corrected chi connectivity index (χ2v) is 9.77. The first kappa shape index (κ1) is 19.8. The van der Waals surface area contributed by atoms with Crippen molar-refractivity contribution in [3.05, 3.63) is 0 Å². The zero-order chi connectivity index (χ0) is 18.1. The number of carbonyl (C=O) groups excluding carboxylic acids is 1. The fourth-order valence-corrected chi connectivity index (χ4v) is 4.52. The molecule has 0 heterocycles. The van der Waals surface area contributed by atoms with Gasteiger partial charge in [0, 0.05) is 6.42 Å². The third-order valence-corrected chi connectivity index (χ3v) is 6.49. The maximum Gasteiger partial charge on any atom is 0.314 e. The van der Waals surface area contributed by atoms with E-state index in [1.54, 1.807) is 0 Å². The SMILES string of the molecule is CCC(OC(=O)C(C)(CC(C)C)C(C)(C)C)OC1CC2CCC1C2. The van der Waals surface area contributed by atoms with E-state index in [1.807, 2.05) is 6.92 Å². The van der Waals surface area contributed by atoms with E-state index in [0.717, 1.165) is 25.2 Å². The van der Waals surface area contributed by atoms with Crippen molar-refractivity contribution in [3.63, 3.8) is 0 Å². The highest BCUT2D eigenvalue weighted by atomic mass is 16.7. The fourth-order valence-electron chi connectivity index (χ4n) is 4.52. The van der Waals surface area contributed by atoms with Crippen LogP contribution in [0.5, 0.6) is 0 Å². The molecule has 0 saturated heterocycles. The Morgan fingerprint density at radius 1 is 1.12 bits per heavy atom. The number of carbonyl (C=O) groups is 1. The van der Waals surface area contributed by atoms with E-state index >= 15 is 0 Å². The van der Waals surface area contributed by atoms with Gasteiger partial charge in [-0.1, -0.05) is 41.5 Å². The van der Waals surface area contributed by atoms with E-state index in [1.165, 1.54) is 19.3 Å². The first-order valence-electron chi connectivity index (χ1n) is 9.93. The first-order chi connectivity index (χ1) is 11.1. The first-order valence-corrected chi connectivity index (χ1v) is 9.93. The molecule has 2 bridgehead atoms. The van der Waals surface area contributed by atoms with Crippen LogP contribution in [0.1, 0.15) is 87.0 Å². The number of hydrogen-bond donors (Lipinski definition) is 0. The van der Waals surface area contributed by atoms with Gasteiger partial charge in [0.05, 0.1) is 11.5 Å². The summed E-state index contributed by atoms with van der Waals surface area (Å²) >= 11 is 0. The quantitative estimate of drug-likeness (QED) is 0.450. The molecule has 0 amide bonds. The van der Waals surface area contributed by atoms with Gasteiger partial charge in [-0.3, -0.25) is 4.79 Å². The Hall–Kier alpha value is -0.570. The van der Waals surface area contributed by atoms with E-state index in [4.69, 9.17) is 9.47 Å². The highest BCUT2D eigenvalue weighted by Gasteiger charge is 2.47. The molecule has 2 fully saturated rings. The molecular weight excluding hydrogens is 300 g/mol. The lowest BCUT2D eigenvalue weighted by Crippen LogP contribution is -2.44. The molecule has 0 aromatic rings. The highest BCUT2D eigenvalue weighted by Crippen LogP contribution is 2.47. The van der Waals surface area contributed by atoms with Crippen LogP contribution < -0.4 is 0 Å². The molecule has 3 heteroatoms. The van der Waals surface area contributed by atoms with Gasteiger partial charge in [-0.15, -0.1) is 0 Å². The number of rotatable bonds is 7. The third kappa shape index (κ3) is 4.15. The molecule has 2 rings (SSSR count). The summed E-state index contributed by atoms with van der Waals surface area (Å²) in [4.78, 5) is 13.0. The molecule has 2 aliphatic rings. The number of esters is 1. The standard InChI is InChI=1S/C21H38O3/c1-8-18(23-17-12-15-9-10-16(17)11-15)24-19(22)21(7,13-14(2)3)20(4,5)6/h14-18H,8-13H2,1-7H3. The minimum Gasteiger partial charge on any atom is -0.435 e. The van der Waals surface area contributed by atoms with Gasteiger partial charge in [0.2, 0.25) is 6.29 Å². The second-order valence-electron chi connectivity index (χ2n) is 9.77. The Morgan fingerprint density at radius 3 is 2.21 bits per heavy atom. The third-order valence-electron chi connectivity index (χ3n) is 6.49. The second kappa shape index (κ2) is 7.35. The highest BCUT2D eigenvalue weighted by molar-refractivity contribution is 5.77. The summed E-state index contributed by atoms with van der Waals surface area (Å²) in [5, 5.41) is 0. The van der Waals surface area contributed by atoms with Gasteiger partial charge in [-0.2, -0.15) is 0 Å².